The van der Waals surface area contributed by atoms with E-state index in [4.69, 9.17) is 0 Å². The molecule has 0 unspecified atom stereocenters. The van der Waals surface area contributed by atoms with Crippen LogP contribution >= 0.6 is 0 Å². The molecule has 32 heavy (non-hydrogen) atoms. The third-order valence-electron chi connectivity index (χ3n) is 6.42. The summed E-state index contributed by atoms with van der Waals surface area (Å²) in [6, 6.07) is 16.7. The predicted octanol–water partition coefficient (Wildman–Crippen LogP) is 2.70. The van der Waals surface area contributed by atoms with E-state index in [2.05, 4.69) is 4.98 Å². The minimum absolute atomic E-state index is 0.0458. The summed E-state index contributed by atoms with van der Waals surface area (Å²) in [4.78, 5) is 33.1. The first-order valence-corrected chi connectivity index (χ1v) is 10.5. The first-order chi connectivity index (χ1) is 15.6. The molecule has 0 saturated carbocycles. The van der Waals surface area contributed by atoms with E-state index in [1.54, 1.807) is 17.3 Å². The third-order valence-corrected chi connectivity index (χ3v) is 6.42. The molecule has 2 fully saturated rings. The number of carbonyl (C=O) groups excluding carboxylic acids is 2. The number of fused-ring (bicyclic) bond motifs is 1. The summed E-state index contributed by atoms with van der Waals surface area (Å²) in [5.74, 6) is -0.965. The normalized spacial score (nSPS) is 22.3. The number of nitrogens with zero attached hydrogens (tertiary/aromatic N) is 3. The molecule has 3 atom stereocenters. The Balaban J connectivity index is 1.38. The number of hydrogen-bond donors (Lipinski definition) is 1. The molecule has 2 aliphatic rings. The average Bonchev–Trinajstić information content (AvgIpc) is 2.81. The number of carbonyl (C=O) groups is 2. The SMILES string of the molecule is O=C(c1ccc(F)cc1)N1CC(=O)N2[C@H](C1)[C@H](c1ccc(-c3cccnc3)cc1)[C@@H]2CO. The molecule has 0 bridgehead atoms. The maximum Gasteiger partial charge on any atom is 0.254 e. The van der Waals surface area contributed by atoms with E-state index in [0.29, 0.717) is 12.1 Å². The van der Waals surface area contributed by atoms with Crippen LogP contribution in [0.4, 0.5) is 4.39 Å². The number of rotatable bonds is 4. The van der Waals surface area contributed by atoms with E-state index in [9.17, 15) is 19.1 Å². The van der Waals surface area contributed by atoms with Gasteiger partial charge in [0.1, 0.15) is 12.4 Å². The second kappa shape index (κ2) is 8.16. The maximum absolute atomic E-state index is 13.2. The Morgan fingerprint density at radius 1 is 1.06 bits per heavy atom. The van der Waals surface area contributed by atoms with Crippen LogP contribution in [0.15, 0.2) is 73.1 Å². The van der Waals surface area contributed by atoms with Gasteiger partial charge in [0, 0.05) is 30.4 Å². The van der Waals surface area contributed by atoms with Gasteiger partial charge in [-0.05, 0) is 47.0 Å². The van der Waals surface area contributed by atoms with Crippen molar-refractivity contribution in [3.8, 4) is 11.1 Å². The highest BCUT2D eigenvalue weighted by molar-refractivity contribution is 5.97. The van der Waals surface area contributed by atoms with Crippen LogP contribution in [0.1, 0.15) is 21.8 Å². The molecule has 0 radical (unpaired) electrons. The molecule has 2 amide bonds. The van der Waals surface area contributed by atoms with Crippen molar-refractivity contribution in [1.29, 1.82) is 0 Å². The van der Waals surface area contributed by atoms with E-state index in [1.807, 2.05) is 36.4 Å². The van der Waals surface area contributed by atoms with Crippen molar-refractivity contribution in [3.05, 3.63) is 90.0 Å². The molecule has 1 N–H and O–H groups in total. The molecule has 6 nitrogen and oxygen atoms in total. The smallest absolute Gasteiger partial charge is 0.254 e. The van der Waals surface area contributed by atoms with Gasteiger partial charge in [0.2, 0.25) is 5.91 Å². The predicted molar refractivity (Wildman–Crippen MR) is 116 cm³/mol. The summed E-state index contributed by atoms with van der Waals surface area (Å²) in [7, 11) is 0. The van der Waals surface area contributed by atoms with Crippen LogP contribution in [-0.4, -0.2) is 63.5 Å². The molecule has 162 valence electrons. The lowest BCUT2D eigenvalue weighted by Crippen LogP contribution is -2.73. The van der Waals surface area contributed by atoms with E-state index in [1.165, 1.54) is 29.2 Å². The number of benzene rings is 2. The van der Waals surface area contributed by atoms with Crippen LogP contribution in [0.3, 0.4) is 0 Å². The second-order valence-electron chi connectivity index (χ2n) is 8.20. The van der Waals surface area contributed by atoms with Crippen molar-refractivity contribution in [2.75, 3.05) is 19.7 Å². The first kappa shape index (κ1) is 20.3. The van der Waals surface area contributed by atoms with Gasteiger partial charge >= 0.3 is 0 Å². The molecular weight excluding hydrogens is 409 g/mol. The number of aliphatic hydroxyl groups excluding tert-OH is 1. The van der Waals surface area contributed by atoms with Gasteiger partial charge in [-0.15, -0.1) is 0 Å². The van der Waals surface area contributed by atoms with Gasteiger partial charge in [-0.25, -0.2) is 4.39 Å². The van der Waals surface area contributed by atoms with Crippen molar-refractivity contribution >= 4 is 11.8 Å². The Hall–Kier alpha value is -3.58. The highest BCUT2D eigenvalue weighted by Crippen LogP contribution is 2.43. The van der Waals surface area contributed by atoms with Crippen LogP contribution in [0, 0.1) is 5.82 Å². The van der Waals surface area contributed by atoms with E-state index >= 15 is 0 Å². The fourth-order valence-corrected chi connectivity index (χ4v) is 4.86. The number of pyridine rings is 1. The van der Waals surface area contributed by atoms with Crippen molar-refractivity contribution in [1.82, 2.24) is 14.8 Å². The van der Waals surface area contributed by atoms with Gasteiger partial charge < -0.3 is 14.9 Å². The summed E-state index contributed by atoms with van der Waals surface area (Å²) < 4.78 is 13.2. The Kier molecular flexibility index (Phi) is 5.19. The molecule has 1 aromatic heterocycles. The zero-order valence-electron chi connectivity index (χ0n) is 17.3. The molecule has 7 heteroatoms. The summed E-state index contributed by atoms with van der Waals surface area (Å²) in [6.07, 6.45) is 3.53. The molecular formula is C25H22FN3O3. The summed E-state index contributed by atoms with van der Waals surface area (Å²) in [6.45, 7) is 0.187. The minimum atomic E-state index is -0.415. The van der Waals surface area contributed by atoms with Gasteiger partial charge in [-0.3, -0.25) is 14.6 Å². The largest absolute Gasteiger partial charge is 0.394 e. The molecule has 0 spiro atoms. The number of hydrogen-bond acceptors (Lipinski definition) is 4. The zero-order chi connectivity index (χ0) is 22.2. The Labute approximate surface area is 184 Å². The first-order valence-electron chi connectivity index (χ1n) is 10.5. The van der Waals surface area contributed by atoms with Gasteiger partial charge in [0.25, 0.3) is 5.91 Å². The van der Waals surface area contributed by atoms with E-state index < -0.39 is 5.82 Å². The zero-order valence-corrected chi connectivity index (χ0v) is 17.3. The number of piperazine rings is 1. The van der Waals surface area contributed by atoms with Crippen LogP contribution in [-0.2, 0) is 4.79 Å². The highest BCUT2D eigenvalue weighted by Gasteiger charge is 2.54. The van der Waals surface area contributed by atoms with Crippen LogP contribution in [0.2, 0.25) is 0 Å². The third kappa shape index (κ3) is 3.44. The Bertz CT molecular complexity index is 1140. The van der Waals surface area contributed by atoms with Crippen molar-refractivity contribution in [3.63, 3.8) is 0 Å². The second-order valence-corrected chi connectivity index (χ2v) is 8.20. The molecule has 5 rings (SSSR count). The molecule has 2 aliphatic heterocycles. The molecule has 2 aromatic carbocycles. The van der Waals surface area contributed by atoms with Gasteiger partial charge in [-0.2, -0.15) is 0 Å². The van der Waals surface area contributed by atoms with E-state index in [0.717, 1.165) is 16.7 Å². The number of aliphatic hydroxyl groups is 1. The minimum Gasteiger partial charge on any atom is -0.394 e. The van der Waals surface area contributed by atoms with Gasteiger partial charge in [-0.1, -0.05) is 30.3 Å². The quantitative estimate of drug-likeness (QED) is 0.690. The van der Waals surface area contributed by atoms with E-state index in [-0.39, 0.29) is 43.0 Å². The fraction of sp³-hybridized carbons (Fsp3) is 0.240. The Morgan fingerprint density at radius 3 is 2.47 bits per heavy atom. The lowest BCUT2D eigenvalue weighted by Gasteiger charge is -2.58. The van der Waals surface area contributed by atoms with Gasteiger partial charge in [0.15, 0.2) is 0 Å². The highest BCUT2D eigenvalue weighted by atomic mass is 19.1. The molecule has 2 saturated heterocycles. The van der Waals surface area contributed by atoms with Crippen molar-refractivity contribution in [2.24, 2.45) is 0 Å². The summed E-state index contributed by atoms with van der Waals surface area (Å²) in [5, 5.41) is 9.97. The van der Waals surface area contributed by atoms with Gasteiger partial charge in [0.05, 0.1) is 18.7 Å². The Morgan fingerprint density at radius 2 is 1.81 bits per heavy atom. The number of halogens is 1. The van der Waals surface area contributed by atoms with Crippen LogP contribution < -0.4 is 0 Å². The summed E-state index contributed by atoms with van der Waals surface area (Å²) >= 11 is 0. The van der Waals surface area contributed by atoms with Crippen molar-refractivity contribution in [2.45, 2.75) is 18.0 Å². The number of amides is 2. The lowest BCUT2D eigenvalue weighted by atomic mass is 9.73. The summed E-state index contributed by atoms with van der Waals surface area (Å²) in [5.41, 5.74) is 3.41. The monoisotopic (exact) mass is 431 g/mol. The number of aromatic nitrogens is 1. The standard InChI is InChI=1S/C25H22FN3O3/c26-20-9-7-18(8-10-20)25(32)28-13-21-24(22(15-30)29(21)23(31)14-28)17-5-3-16(4-6-17)19-2-1-11-27-12-19/h1-12,21-22,24,30H,13-15H2/t21-,22+,24+/m1/s1. The van der Waals surface area contributed by atoms with Crippen LogP contribution in [0.25, 0.3) is 11.1 Å². The maximum atomic E-state index is 13.2. The molecule has 3 aromatic rings. The molecule has 3 heterocycles. The fourth-order valence-electron chi connectivity index (χ4n) is 4.86. The average molecular weight is 431 g/mol. The van der Waals surface area contributed by atoms with Crippen LogP contribution in [0.5, 0.6) is 0 Å². The lowest BCUT2D eigenvalue weighted by molar-refractivity contribution is -0.159. The molecule has 0 aliphatic carbocycles. The van der Waals surface area contributed by atoms with Crippen molar-refractivity contribution < 1.29 is 19.1 Å². The topological polar surface area (TPSA) is 73.7 Å².